The van der Waals surface area contributed by atoms with Crippen LogP contribution in [0.1, 0.15) is 11.4 Å². The molecule has 0 amide bonds. The molecule has 0 aliphatic heterocycles. The Morgan fingerprint density at radius 1 is 1.06 bits per heavy atom. The molecule has 6 heteroatoms. The van der Waals surface area contributed by atoms with Crippen LogP contribution in [0.15, 0.2) is 30.3 Å². The van der Waals surface area contributed by atoms with Gasteiger partial charge in [-0.25, -0.2) is 9.97 Å². The number of hydrogen-bond donors (Lipinski definition) is 0. The van der Waals surface area contributed by atoms with Crippen molar-refractivity contribution in [2.24, 2.45) is 0 Å². The van der Waals surface area contributed by atoms with Gasteiger partial charge in [0, 0.05) is 11.3 Å². The number of hydrogen-bond acceptors (Lipinski definition) is 2. The lowest BCUT2D eigenvalue weighted by Crippen LogP contribution is -2.09. The highest BCUT2D eigenvalue weighted by Gasteiger charge is 2.33. The maximum atomic E-state index is 12.9. The molecule has 0 aromatic carbocycles. The maximum Gasteiger partial charge on any atom is 0.433 e. The molecule has 2 aromatic heterocycles. The zero-order valence-corrected chi connectivity index (χ0v) is 9.29. The Morgan fingerprint density at radius 2 is 1.78 bits per heavy atom. The summed E-state index contributed by atoms with van der Waals surface area (Å²) in [6.45, 7) is 1.44. The molecule has 18 heavy (non-hydrogen) atoms. The van der Waals surface area contributed by atoms with Crippen LogP contribution in [0.2, 0.25) is 0 Å². The minimum atomic E-state index is -4.53. The number of alkyl halides is 3. The average Bonchev–Trinajstić information content (AvgIpc) is 2.27. The molecule has 0 N–H and O–H groups in total. The van der Waals surface area contributed by atoms with E-state index in [0.717, 1.165) is 12.1 Å². The first-order valence-corrected chi connectivity index (χ1v) is 5.05. The van der Waals surface area contributed by atoms with Gasteiger partial charge in [-0.15, -0.1) is 0 Å². The summed E-state index contributed by atoms with van der Waals surface area (Å²) < 4.78 is 50.7. The van der Waals surface area contributed by atoms with Crippen molar-refractivity contribution in [2.45, 2.75) is 13.1 Å². The van der Waals surface area contributed by atoms with Crippen molar-refractivity contribution in [3.8, 4) is 11.3 Å². The lowest BCUT2D eigenvalue weighted by Gasteiger charge is -2.09. The van der Waals surface area contributed by atoms with Crippen LogP contribution in [0.3, 0.4) is 0 Å². The molecular formula is C12H8F4N2. The largest absolute Gasteiger partial charge is 0.433 e. The fraction of sp³-hybridized carbons (Fsp3) is 0.167. The fourth-order valence-corrected chi connectivity index (χ4v) is 1.53. The second-order valence-corrected chi connectivity index (χ2v) is 3.73. The van der Waals surface area contributed by atoms with Crippen LogP contribution in [-0.4, -0.2) is 9.97 Å². The standard InChI is InChI=1S/C12H8F4N2/c1-7-5-8(6-10(17-7)12(14,15)16)9-3-2-4-11(13)18-9/h2-6H,1H3. The second kappa shape index (κ2) is 4.36. The summed E-state index contributed by atoms with van der Waals surface area (Å²) in [5, 5.41) is 0. The number of nitrogens with zero attached hydrogens (tertiary/aromatic N) is 2. The third-order valence-corrected chi connectivity index (χ3v) is 2.25. The first-order valence-electron chi connectivity index (χ1n) is 5.05. The minimum Gasteiger partial charge on any atom is -0.249 e. The van der Waals surface area contributed by atoms with Gasteiger partial charge >= 0.3 is 6.18 Å². The van der Waals surface area contributed by atoms with Crippen LogP contribution < -0.4 is 0 Å². The van der Waals surface area contributed by atoms with Gasteiger partial charge in [0.2, 0.25) is 5.95 Å². The van der Waals surface area contributed by atoms with E-state index < -0.39 is 17.8 Å². The highest BCUT2D eigenvalue weighted by Crippen LogP contribution is 2.30. The zero-order chi connectivity index (χ0) is 13.3. The Bertz CT molecular complexity index is 579. The first-order chi connectivity index (χ1) is 8.36. The molecule has 94 valence electrons. The van der Waals surface area contributed by atoms with Gasteiger partial charge < -0.3 is 0 Å². The topological polar surface area (TPSA) is 25.8 Å². The molecule has 2 heterocycles. The van der Waals surface area contributed by atoms with E-state index in [1.54, 1.807) is 0 Å². The molecule has 2 aromatic rings. The van der Waals surface area contributed by atoms with Crippen molar-refractivity contribution in [3.05, 3.63) is 47.7 Å². The Kier molecular flexibility index (Phi) is 3.02. The Hall–Kier alpha value is -1.98. The fourth-order valence-electron chi connectivity index (χ4n) is 1.53. The van der Waals surface area contributed by atoms with E-state index in [2.05, 4.69) is 9.97 Å². The summed E-state index contributed by atoms with van der Waals surface area (Å²) in [7, 11) is 0. The Morgan fingerprint density at radius 3 is 2.39 bits per heavy atom. The number of halogens is 4. The highest BCUT2D eigenvalue weighted by atomic mass is 19.4. The zero-order valence-electron chi connectivity index (χ0n) is 9.29. The van der Waals surface area contributed by atoms with Gasteiger partial charge in [-0.1, -0.05) is 6.07 Å². The van der Waals surface area contributed by atoms with Crippen LogP contribution in [0, 0.1) is 12.9 Å². The molecule has 0 saturated heterocycles. The van der Waals surface area contributed by atoms with Crippen molar-refractivity contribution in [2.75, 3.05) is 0 Å². The van der Waals surface area contributed by atoms with E-state index >= 15 is 0 Å². The third kappa shape index (κ3) is 2.64. The molecular weight excluding hydrogens is 248 g/mol. The third-order valence-electron chi connectivity index (χ3n) is 2.25. The smallest absolute Gasteiger partial charge is 0.249 e. The number of rotatable bonds is 1. The Balaban J connectivity index is 2.55. The molecule has 2 rings (SSSR count). The highest BCUT2D eigenvalue weighted by molar-refractivity contribution is 5.59. The van der Waals surface area contributed by atoms with Crippen LogP contribution >= 0.6 is 0 Å². The van der Waals surface area contributed by atoms with E-state index in [4.69, 9.17) is 0 Å². The lowest BCUT2D eigenvalue weighted by atomic mass is 10.1. The van der Waals surface area contributed by atoms with Crippen molar-refractivity contribution >= 4 is 0 Å². The molecule has 0 radical (unpaired) electrons. The van der Waals surface area contributed by atoms with Gasteiger partial charge in [0.25, 0.3) is 0 Å². The van der Waals surface area contributed by atoms with Crippen molar-refractivity contribution < 1.29 is 17.6 Å². The monoisotopic (exact) mass is 256 g/mol. The average molecular weight is 256 g/mol. The van der Waals surface area contributed by atoms with E-state index in [1.165, 1.54) is 25.1 Å². The first kappa shape index (κ1) is 12.5. The van der Waals surface area contributed by atoms with E-state index in [1.807, 2.05) is 0 Å². The molecule has 0 fully saturated rings. The second-order valence-electron chi connectivity index (χ2n) is 3.73. The van der Waals surface area contributed by atoms with Gasteiger partial charge in [-0.2, -0.15) is 17.6 Å². The molecule has 0 spiro atoms. The van der Waals surface area contributed by atoms with Gasteiger partial charge in [0.1, 0.15) is 5.69 Å². The van der Waals surface area contributed by atoms with Gasteiger partial charge in [0.05, 0.1) is 5.69 Å². The summed E-state index contributed by atoms with van der Waals surface area (Å²) in [4.78, 5) is 6.95. The van der Waals surface area contributed by atoms with Crippen molar-refractivity contribution in [1.82, 2.24) is 9.97 Å². The summed E-state index contributed by atoms with van der Waals surface area (Å²) in [5.74, 6) is -0.740. The molecule has 0 bridgehead atoms. The van der Waals surface area contributed by atoms with Gasteiger partial charge in [-0.3, -0.25) is 0 Å². The van der Waals surface area contributed by atoms with E-state index in [-0.39, 0.29) is 17.0 Å². The van der Waals surface area contributed by atoms with E-state index in [0.29, 0.717) is 0 Å². The predicted molar refractivity (Wildman–Crippen MR) is 57.2 cm³/mol. The van der Waals surface area contributed by atoms with Crippen LogP contribution in [0.25, 0.3) is 11.3 Å². The van der Waals surface area contributed by atoms with Crippen LogP contribution in [0.4, 0.5) is 17.6 Å². The summed E-state index contributed by atoms with van der Waals surface area (Å²) in [6.07, 6.45) is -4.53. The minimum absolute atomic E-state index is 0.144. The number of aryl methyl sites for hydroxylation is 1. The lowest BCUT2D eigenvalue weighted by molar-refractivity contribution is -0.141. The molecule has 0 unspecified atom stereocenters. The molecule has 2 nitrogen and oxygen atoms in total. The quantitative estimate of drug-likeness (QED) is 0.575. The Labute approximate surface area is 100 Å². The van der Waals surface area contributed by atoms with Crippen LogP contribution in [-0.2, 0) is 6.18 Å². The summed E-state index contributed by atoms with van der Waals surface area (Å²) in [5.41, 5.74) is -0.477. The molecule has 0 atom stereocenters. The van der Waals surface area contributed by atoms with Crippen molar-refractivity contribution in [3.63, 3.8) is 0 Å². The van der Waals surface area contributed by atoms with Gasteiger partial charge in [0.15, 0.2) is 0 Å². The normalized spacial score (nSPS) is 11.6. The van der Waals surface area contributed by atoms with Gasteiger partial charge in [-0.05, 0) is 31.2 Å². The maximum absolute atomic E-state index is 12.9. The van der Waals surface area contributed by atoms with Crippen LogP contribution in [0.5, 0.6) is 0 Å². The SMILES string of the molecule is Cc1cc(-c2cccc(F)n2)cc(C(F)(F)F)n1. The number of pyridine rings is 2. The predicted octanol–water partition coefficient (Wildman–Crippen LogP) is 3.61. The molecule has 0 aliphatic carbocycles. The van der Waals surface area contributed by atoms with E-state index in [9.17, 15) is 17.6 Å². The molecule has 0 aliphatic rings. The molecule has 0 saturated carbocycles. The summed E-state index contributed by atoms with van der Waals surface area (Å²) in [6, 6.07) is 6.24. The number of aromatic nitrogens is 2. The van der Waals surface area contributed by atoms with Crippen molar-refractivity contribution in [1.29, 1.82) is 0 Å². The summed E-state index contributed by atoms with van der Waals surface area (Å²) >= 11 is 0.